The number of rotatable bonds is 5. The zero-order valence-corrected chi connectivity index (χ0v) is 15.6. The first kappa shape index (κ1) is 18.2. The van der Waals surface area contributed by atoms with E-state index in [1.807, 2.05) is 17.0 Å². The molecule has 1 aromatic carbocycles. The van der Waals surface area contributed by atoms with Gasteiger partial charge in [0.25, 0.3) is 5.91 Å². The van der Waals surface area contributed by atoms with Crippen LogP contribution >= 0.6 is 0 Å². The third kappa shape index (κ3) is 4.53. The maximum Gasteiger partial charge on any atom is 0.253 e. The number of benzene rings is 1. The van der Waals surface area contributed by atoms with Crippen molar-refractivity contribution in [2.24, 2.45) is 5.92 Å². The number of carbonyl (C=O) groups is 1. The molecule has 2 fully saturated rings. The number of hydrogen-bond donors (Lipinski definition) is 0. The van der Waals surface area contributed by atoms with Crippen molar-refractivity contribution in [2.45, 2.75) is 19.8 Å². The lowest BCUT2D eigenvalue weighted by molar-refractivity contribution is 0.0571. The van der Waals surface area contributed by atoms with E-state index in [0.29, 0.717) is 5.92 Å². The standard InChI is InChI=1S/C20H31N3O2/c1-3-21-11-13-22(14-12-21)19-8-6-18(7-9-19)20(24)23-10-4-5-17(15-23)16-25-2/h6-9,17H,3-5,10-16H2,1-2H3/t17-/m0/s1. The molecule has 0 spiro atoms. The van der Waals surface area contributed by atoms with Crippen molar-refractivity contribution in [1.29, 1.82) is 0 Å². The van der Waals surface area contributed by atoms with Gasteiger partial charge in [-0.05, 0) is 49.6 Å². The monoisotopic (exact) mass is 345 g/mol. The normalized spacial score (nSPS) is 22.2. The van der Waals surface area contributed by atoms with Crippen molar-refractivity contribution in [2.75, 3.05) is 64.4 Å². The first-order chi connectivity index (χ1) is 12.2. The Hall–Kier alpha value is -1.59. The molecule has 0 bridgehead atoms. The summed E-state index contributed by atoms with van der Waals surface area (Å²) in [5.74, 6) is 0.625. The van der Waals surface area contributed by atoms with Crippen LogP contribution in [0.1, 0.15) is 30.1 Å². The molecule has 2 aliphatic rings. The molecule has 5 nitrogen and oxygen atoms in total. The first-order valence-electron chi connectivity index (χ1n) is 9.57. The van der Waals surface area contributed by atoms with Gasteiger partial charge in [0.15, 0.2) is 0 Å². The maximum atomic E-state index is 12.8. The Balaban J connectivity index is 1.59. The summed E-state index contributed by atoms with van der Waals surface area (Å²) in [7, 11) is 1.74. The van der Waals surface area contributed by atoms with Gasteiger partial charge in [0.1, 0.15) is 0 Å². The number of carbonyl (C=O) groups excluding carboxylic acids is 1. The van der Waals surface area contributed by atoms with Crippen LogP contribution in [0.5, 0.6) is 0 Å². The second kappa shape index (κ2) is 8.68. The number of piperazine rings is 1. The van der Waals surface area contributed by atoms with Crippen molar-refractivity contribution in [3.63, 3.8) is 0 Å². The lowest BCUT2D eigenvalue weighted by Gasteiger charge is -2.35. The fraction of sp³-hybridized carbons (Fsp3) is 0.650. The van der Waals surface area contributed by atoms with Crippen molar-refractivity contribution in [3.8, 4) is 0 Å². The van der Waals surface area contributed by atoms with Crippen LogP contribution < -0.4 is 4.90 Å². The second-order valence-corrected chi connectivity index (χ2v) is 7.18. The van der Waals surface area contributed by atoms with Gasteiger partial charge in [-0.3, -0.25) is 4.79 Å². The fourth-order valence-corrected chi connectivity index (χ4v) is 3.94. The van der Waals surface area contributed by atoms with E-state index >= 15 is 0 Å². The van der Waals surface area contributed by atoms with E-state index < -0.39 is 0 Å². The molecule has 1 atom stereocenters. The molecule has 1 aromatic rings. The first-order valence-corrected chi connectivity index (χ1v) is 9.57. The summed E-state index contributed by atoms with van der Waals surface area (Å²) >= 11 is 0. The molecular weight excluding hydrogens is 314 g/mol. The maximum absolute atomic E-state index is 12.8. The molecule has 138 valence electrons. The zero-order valence-electron chi connectivity index (χ0n) is 15.6. The highest BCUT2D eigenvalue weighted by atomic mass is 16.5. The average Bonchev–Trinajstić information content (AvgIpc) is 2.68. The highest BCUT2D eigenvalue weighted by molar-refractivity contribution is 5.94. The molecule has 2 heterocycles. The Kier molecular flexibility index (Phi) is 6.32. The summed E-state index contributed by atoms with van der Waals surface area (Å²) in [6.07, 6.45) is 2.22. The predicted molar refractivity (Wildman–Crippen MR) is 101 cm³/mol. The minimum Gasteiger partial charge on any atom is -0.384 e. The molecule has 2 aliphatic heterocycles. The van der Waals surface area contributed by atoms with E-state index in [2.05, 4.69) is 28.9 Å². The smallest absolute Gasteiger partial charge is 0.253 e. The number of hydrogen-bond acceptors (Lipinski definition) is 4. The number of nitrogens with zero attached hydrogens (tertiary/aromatic N) is 3. The van der Waals surface area contributed by atoms with Gasteiger partial charge in [-0.15, -0.1) is 0 Å². The third-order valence-corrected chi connectivity index (χ3v) is 5.51. The van der Waals surface area contributed by atoms with Gasteiger partial charge in [-0.2, -0.15) is 0 Å². The van der Waals surface area contributed by atoms with Crippen LogP contribution in [-0.2, 0) is 4.74 Å². The molecule has 0 N–H and O–H groups in total. The van der Waals surface area contributed by atoms with Crippen LogP contribution in [0.15, 0.2) is 24.3 Å². The molecule has 3 rings (SSSR count). The molecule has 25 heavy (non-hydrogen) atoms. The number of methoxy groups -OCH3 is 1. The number of likely N-dealkylation sites (tertiary alicyclic amines) is 1. The highest BCUT2D eigenvalue weighted by Gasteiger charge is 2.24. The SMILES string of the molecule is CCN1CCN(c2ccc(C(=O)N3CCC[C@H](COC)C3)cc2)CC1. The fourth-order valence-electron chi connectivity index (χ4n) is 3.94. The van der Waals surface area contributed by atoms with E-state index in [1.54, 1.807) is 7.11 Å². The van der Waals surface area contributed by atoms with Crippen LogP contribution in [0.2, 0.25) is 0 Å². The van der Waals surface area contributed by atoms with Crippen molar-refractivity contribution >= 4 is 11.6 Å². The van der Waals surface area contributed by atoms with Gasteiger partial charge >= 0.3 is 0 Å². The Bertz CT molecular complexity index is 551. The van der Waals surface area contributed by atoms with E-state index in [-0.39, 0.29) is 5.91 Å². The second-order valence-electron chi connectivity index (χ2n) is 7.18. The van der Waals surface area contributed by atoms with Crippen LogP contribution in [0.4, 0.5) is 5.69 Å². The van der Waals surface area contributed by atoms with Gasteiger partial charge in [0.2, 0.25) is 0 Å². The highest BCUT2D eigenvalue weighted by Crippen LogP contribution is 2.21. The lowest BCUT2D eigenvalue weighted by atomic mass is 9.98. The van der Waals surface area contributed by atoms with Gasteiger partial charge < -0.3 is 19.4 Å². The summed E-state index contributed by atoms with van der Waals surface area (Å²) in [5.41, 5.74) is 2.03. The van der Waals surface area contributed by atoms with Gasteiger partial charge in [0, 0.05) is 57.6 Å². The number of anilines is 1. The number of ether oxygens (including phenoxy) is 1. The molecule has 0 aromatic heterocycles. The summed E-state index contributed by atoms with van der Waals surface area (Å²) < 4.78 is 5.27. The van der Waals surface area contributed by atoms with Crippen LogP contribution in [-0.4, -0.2) is 75.2 Å². The lowest BCUT2D eigenvalue weighted by Crippen LogP contribution is -2.46. The quantitative estimate of drug-likeness (QED) is 0.821. The number of likely N-dealkylation sites (N-methyl/N-ethyl adjacent to an activating group) is 1. The Morgan fingerprint density at radius 1 is 1.12 bits per heavy atom. The van der Waals surface area contributed by atoms with Gasteiger partial charge in [-0.1, -0.05) is 6.92 Å². The number of piperidine rings is 1. The van der Waals surface area contributed by atoms with Crippen molar-refractivity contribution in [1.82, 2.24) is 9.80 Å². The van der Waals surface area contributed by atoms with Crippen LogP contribution in [0.3, 0.4) is 0 Å². The molecule has 0 aliphatic carbocycles. The van der Waals surface area contributed by atoms with E-state index in [1.165, 1.54) is 5.69 Å². The molecule has 0 saturated carbocycles. The summed E-state index contributed by atoms with van der Waals surface area (Å²) in [6.45, 7) is 10.1. The Morgan fingerprint density at radius 2 is 1.84 bits per heavy atom. The van der Waals surface area contributed by atoms with Gasteiger partial charge in [-0.25, -0.2) is 0 Å². The molecule has 1 amide bonds. The van der Waals surface area contributed by atoms with Crippen LogP contribution in [0, 0.1) is 5.92 Å². The minimum atomic E-state index is 0.156. The predicted octanol–water partition coefficient (Wildman–Crippen LogP) is 2.33. The van der Waals surface area contributed by atoms with E-state index in [4.69, 9.17) is 4.74 Å². The van der Waals surface area contributed by atoms with Crippen molar-refractivity contribution in [3.05, 3.63) is 29.8 Å². The molecule has 2 saturated heterocycles. The Morgan fingerprint density at radius 3 is 2.48 bits per heavy atom. The zero-order chi connectivity index (χ0) is 17.6. The molecular formula is C20H31N3O2. The molecule has 0 radical (unpaired) electrons. The van der Waals surface area contributed by atoms with Gasteiger partial charge in [0.05, 0.1) is 6.61 Å². The largest absolute Gasteiger partial charge is 0.384 e. The van der Waals surface area contributed by atoms with Crippen molar-refractivity contribution < 1.29 is 9.53 Å². The minimum absolute atomic E-state index is 0.156. The number of amides is 1. The van der Waals surface area contributed by atoms with E-state index in [0.717, 1.165) is 70.8 Å². The van der Waals surface area contributed by atoms with Crippen LogP contribution in [0.25, 0.3) is 0 Å². The topological polar surface area (TPSA) is 36.0 Å². The summed E-state index contributed by atoms with van der Waals surface area (Å²) in [4.78, 5) is 19.7. The summed E-state index contributed by atoms with van der Waals surface area (Å²) in [5, 5.41) is 0. The molecule has 5 heteroatoms. The third-order valence-electron chi connectivity index (χ3n) is 5.51. The van der Waals surface area contributed by atoms with E-state index in [9.17, 15) is 4.79 Å². The average molecular weight is 345 g/mol. The Labute approximate surface area is 151 Å². The summed E-state index contributed by atoms with van der Waals surface area (Å²) in [6, 6.07) is 8.18. The molecule has 0 unspecified atom stereocenters.